The molecule has 0 unspecified atom stereocenters. The lowest BCUT2D eigenvalue weighted by molar-refractivity contribution is -0.142. The topological polar surface area (TPSA) is 105 Å². The Hall–Kier alpha value is -2.57. The van der Waals surface area contributed by atoms with Crippen molar-refractivity contribution in [2.45, 2.75) is 51.8 Å². The molecule has 1 rings (SSSR count). The van der Waals surface area contributed by atoms with Gasteiger partial charge >= 0.3 is 12.1 Å². The van der Waals surface area contributed by atoms with Crippen LogP contribution in [0.4, 0.5) is 4.79 Å². The van der Waals surface area contributed by atoms with Crippen LogP contribution in [0.15, 0.2) is 30.3 Å². The van der Waals surface area contributed by atoms with Crippen LogP contribution in [0.1, 0.15) is 38.7 Å². The van der Waals surface area contributed by atoms with Gasteiger partial charge in [0.1, 0.15) is 18.7 Å². The molecule has 0 saturated heterocycles. The van der Waals surface area contributed by atoms with Crippen molar-refractivity contribution >= 4 is 18.0 Å². The Labute approximate surface area is 141 Å². The number of carboxylic acid groups (broad SMARTS) is 1. The van der Waals surface area contributed by atoms with Crippen molar-refractivity contribution in [2.75, 3.05) is 0 Å². The van der Waals surface area contributed by atoms with Gasteiger partial charge in [-0.2, -0.15) is 0 Å². The maximum absolute atomic E-state index is 12.0. The van der Waals surface area contributed by atoms with E-state index in [4.69, 9.17) is 9.84 Å². The molecule has 0 aliphatic rings. The van der Waals surface area contributed by atoms with Crippen molar-refractivity contribution in [3.8, 4) is 0 Å². The highest BCUT2D eigenvalue weighted by molar-refractivity contribution is 5.88. The SMILES string of the molecule is CCCC[C@H](NC(=O)[C@H](C)NC(=O)OCc1ccccc1)C(=O)O. The van der Waals surface area contributed by atoms with Gasteiger partial charge in [-0.15, -0.1) is 0 Å². The molecule has 0 spiro atoms. The highest BCUT2D eigenvalue weighted by Crippen LogP contribution is 2.03. The van der Waals surface area contributed by atoms with E-state index in [1.165, 1.54) is 6.92 Å². The molecule has 2 atom stereocenters. The maximum atomic E-state index is 12.0. The van der Waals surface area contributed by atoms with E-state index in [9.17, 15) is 14.4 Å². The second kappa shape index (κ2) is 10.3. The van der Waals surface area contributed by atoms with Crippen LogP contribution in [-0.2, 0) is 20.9 Å². The number of alkyl carbamates (subject to hydrolysis) is 1. The summed E-state index contributed by atoms with van der Waals surface area (Å²) in [5, 5.41) is 13.9. The van der Waals surface area contributed by atoms with E-state index in [0.717, 1.165) is 12.0 Å². The van der Waals surface area contributed by atoms with Crippen molar-refractivity contribution < 1.29 is 24.2 Å². The fraction of sp³-hybridized carbons (Fsp3) is 0.471. The first kappa shape index (κ1) is 19.5. The molecule has 0 saturated carbocycles. The molecule has 0 heterocycles. The van der Waals surface area contributed by atoms with Crippen molar-refractivity contribution in [1.29, 1.82) is 0 Å². The summed E-state index contributed by atoms with van der Waals surface area (Å²) in [7, 11) is 0. The Bertz CT molecular complexity index is 547. The fourth-order valence-corrected chi connectivity index (χ4v) is 1.97. The minimum atomic E-state index is -1.09. The minimum Gasteiger partial charge on any atom is -0.480 e. The largest absolute Gasteiger partial charge is 0.480 e. The number of carbonyl (C=O) groups is 3. The molecule has 0 fully saturated rings. The molecule has 3 N–H and O–H groups in total. The highest BCUT2D eigenvalue weighted by Gasteiger charge is 2.23. The third-order valence-corrected chi connectivity index (χ3v) is 3.40. The average Bonchev–Trinajstić information content (AvgIpc) is 2.57. The molecule has 0 bridgehead atoms. The second-order valence-corrected chi connectivity index (χ2v) is 5.47. The number of hydrogen-bond donors (Lipinski definition) is 3. The Morgan fingerprint density at radius 1 is 1.17 bits per heavy atom. The van der Waals surface area contributed by atoms with Crippen LogP contribution in [0.2, 0.25) is 0 Å². The van der Waals surface area contributed by atoms with Crippen LogP contribution >= 0.6 is 0 Å². The van der Waals surface area contributed by atoms with Crippen molar-refractivity contribution in [3.63, 3.8) is 0 Å². The van der Waals surface area contributed by atoms with Crippen molar-refractivity contribution in [3.05, 3.63) is 35.9 Å². The number of carboxylic acids is 1. The summed E-state index contributed by atoms with van der Waals surface area (Å²) in [4.78, 5) is 34.8. The molecule has 0 aliphatic heterocycles. The zero-order valence-corrected chi connectivity index (χ0v) is 14.0. The van der Waals surface area contributed by atoms with E-state index >= 15 is 0 Å². The lowest BCUT2D eigenvalue weighted by atomic mass is 10.1. The predicted octanol–water partition coefficient (Wildman–Crippen LogP) is 2.06. The summed E-state index contributed by atoms with van der Waals surface area (Å²) in [6.45, 7) is 3.50. The van der Waals surface area contributed by atoms with Gasteiger partial charge in [-0.05, 0) is 18.9 Å². The third-order valence-electron chi connectivity index (χ3n) is 3.40. The summed E-state index contributed by atoms with van der Waals surface area (Å²) in [6.07, 6.45) is 1.14. The molecule has 1 aromatic carbocycles. The number of ether oxygens (including phenoxy) is 1. The lowest BCUT2D eigenvalue weighted by Gasteiger charge is -2.18. The third kappa shape index (κ3) is 7.13. The number of unbranched alkanes of at least 4 members (excludes halogenated alkanes) is 1. The van der Waals surface area contributed by atoms with E-state index in [2.05, 4.69) is 10.6 Å². The summed E-state index contributed by atoms with van der Waals surface area (Å²) >= 11 is 0. The summed E-state index contributed by atoms with van der Waals surface area (Å²) < 4.78 is 5.02. The van der Waals surface area contributed by atoms with Gasteiger partial charge in [0, 0.05) is 0 Å². The van der Waals surface area contributed by atoms with Gasteiger partial charge in [-0.25, -0.2) is 9.59 Å². The second-order valence-electron chi connectivity index (χ2n) is 5.47. The number of hydrogen-bond acceptors (Lipinski definition) is 4. The number of benzene rings is 1. The number of carbonyl (C=O) groups excluding carboxylic acids is 2. The maximum Gasteiger partial charge on any atom is 0.408 e. The quantitative estimate of drug-likeness (QED) is 0.640. The Kier molecular flexibility index (Phi) is 8.32. The zero-order valence-electron chi connectivity index (χ0n) is 14.0. The van der Waals surface area contributed by atoms with E-state index in [1.807, 2.05) is 37.3 Å². The monoisotopic (exact) mass is 336 g/mol. The lowest BCUT2D eigenvalue weighted by Crippen LogP contribution is -2.50. The summed E-state index contributed by atoms with van der Waals surface area (Å²) in [5.41, 5.74) is 0.829. The average molecular weight is 336 g/mol. The highest BCUT2D eigenvalue weighted by atomic mass is 16.5. The molecule has 0 aromatic heterocycles. The fourth-order valence-electron chi connectivity index (χ4n) is 1.97. The standard InChI is InChI=1S/C17H24N2O5/c1-3-4-10-14(16(21)22)19-15(20)12(2)18-17(23)24-11-13-8-6-5-7-9-13/h5-9,12,14H,3-4,10-11H2,1-2H3,(H,18,23)(H,19,20)(H,21,22)/t12-,14-/m0/s1. The number of aliphatic carboxylic acids is 1. The van der Waals surface area contributed by atoms with Gasteiger partial charge in [0.15, 0.2) is 0 Å². The van der Waals surface area contributed by atoms with Gasteiger partial charge in [0.25, 0.3) is 0 Å². The molecular weight excluding hydrogens is 312 g/mol. The van der Waals surface area contributed by atoms with Gasteiger partial charge in [-0.3, -0.25) is 4.79 Å². The molecule has 0 aliphatic carbocycles. The zero-order chi connectivity index (χ0) is 17.9. The van der Waals surface area contributed by atoms with Crippen LogP contribution in [-0.4, -0.2) is 35.2 Å². The first-order valence-corrected chi connectivity index (χ1v) is 7.94. The molecule has 2 amide bonds. The molecule has 132 valence electrons. The molecule has 7 heteroatoms. The summed E-state index contributed by atoms with van der Waals surface area (Å²) in [6, 6.07) is 7.29. The van der Waals surface area contributed by atoms with Gasteiger partial charge in [0.05, 0.1) is 0 Å². The summed E-state index contributed by atoms with van der Waals surface area (Å²) in [5.74, 6) is -1.65. The Balaban J connectivity index is 2.41. The van der Waals surface area contributed by atoms with Gasteiger partial charge < -0.3 is 20.5 Å². The van der Waals surface area contributed by atoms with Crippen molar-refractivity contribution in [2.24, 2.45) is 0 Å². The van der Waals surface area contributed by atoms with Crippen LogP contribution < -0.4 is 10.6 Å². The molecule has 24 heavy (non-hydrogen) atoms. The Morgan fingerprint density at radius 2 is 1.83 bits per heavy atom. The van der Waals surface area contributed by atoms with E-state index in [0.29, 0.717) is 12.8 Å². The van der Waals surface area contributed by atoms with Gasteiger partial charge in [0.2, 0.25) is 5.91 Å². The minimum absolute atomic E-state index is 0.0925. The molecule has 0 radical (unpaired) electrons. The first-order valence-electron chi connectivity index (χ1n) is 7.94. The van der Waals surface area contributed by atoms with E-state index in [1.54, 1.807) is 0 Å². The predicted molar refractivity (Wildman–Crippen MR) is 88.3 cm³/mol. The number of nitrogens with one attached hydrogen (secondary N) is 2. The van der Waals surface area contributed by atoms with Crippen LogP contribution in [0.5, 0.6) is 0 Å². The smallest absolute Gasteiger partial charge is 0.408 e. The van der Waals surface area contributed by atoms with Crippen molar-refractivity contribution in [1.82, 2.24) is 10.6 Å². The van der Waals surface area contributed by atoms with Crippen LogP contribution in [0, 0.1) is 0 Å². The number of rotatable bonds is 9. The molecular formula is C17H24N2O5. The van der Waals surface area contributed by atoms with Crippen LogP contribution in [0.3, 0.4) is 0 Å². The van der Waals surface area contributed by atoms with E-state index in [-0.39, 0.29) is 6.61 Å². The molecule has 1 aromatic rings. The van der Waals surface area contributed by atoms with Crippen LogP contribution in [0.25, 0.3) is 0 Å². The van der Waals surface area contributed by atoms with E-state index < -0.39 is 30.1 Å². The van der Waals surface area contributed by atoms with Gasteiger partial charge in [-0.1, -0.05) is 50.1 Å². The number of amides is 2. The first-order chi connectivity index (χ1) is 11.4. The normalized spacial score (nSPS) is 12.8. The molecule has 7 nitrogen and oxygen atoms in total. The Morgan fingerprint density at radius 3 is 2.42 bits per heavy atom.